The lowest BCUT2D eigenvalue weighted by Gasteiger charge is -2.24. The highest BCUT2D eigenvalue weighted by Gasteiger charge is 2.27. The van der Waals surface area contributed by atoms with Crippen molar-refractivity contribution in [3.63, 3.8) is 0 Å². The lowest BCUT2D eigenvalue weighted by molar-refractivity contribution is -0.163. The third-order valence-electron chi connectivity index (χ3n) is 4.84. The van der Waals surface area contributed by atoms with E-state index in [4.69, 9.17) is 27.9 Å². The Bertz CT molecular complexity index is 1200. The normalized spacial score (nSPS) is 11.3. The van der Waals surface area contributed by atoms with Crippen LogP contribution in [0.25, 0.3) is 10.8 Å². The van der Waals surface area contributed by atoms with Gasteiger partial charge < -0.3 is 9.64 Å². The summed E-state index contributed by atoms with van der Waals surface area (Å²) in [4.78, 5) is 39.0. The molecule has 1 amide bonds. The van der Waals surface area contributed by atoms with E-state index < -0.39 is 29.7 Å². The van der Waals surface area contributed by atoms with Crippen molar-refractivity contribution in [2.24, 2.45) is 0 Å². The Labute approximate surface area is 203 Å². The van der Waals surface area contributed by atoms with Crippen LogP contribution in [0.2, 0.25) is 10.0 Å². The third kappa shape index (κ3) is 7.04. The van der Waals surface area contributed by atoms with Gasteiger partial charge in [0.2, 0.25) is 11.7 Å². The zero-order chi connectivity index (χ0) is 24.2. The number of ketones is 1. The van der Waals surface area contributed by atoms with Crippen molar-refractivity contribution in [2.45, 2.75) is 45.9 Å². The van der Waals surface area contributed by atoms with Crippen LogP contribution in [0, 0.1) is 0 Å². The minimum atomic E-state index is -1.02. The summed E-state index contributed by atoms with van der Waals surface area (Å²) in [7, 11) is 0. The average Bonchev–Trinajstić information content (AvgIpc) is 2.74. The molecular formula is C26H25Cl2NO4. The average molecular weight is 486 g/mol. The molecule has 3 aromatic carbocycles. The minimum absolute atomic E-state index is 0.199. The molecule has 0 aliphatic rings. The van der Waals surface area contributed by atoms with Crippen LogP contribution >= 0.6 is 23.2 Å². The van der Waals surface area contributed by atoms with Crippen molar-refractivity contribution in [3.8, 4) is 0 Å². The number of nitrogens with zero attached hydrogens (tertiary/aromatic N) is 1. The van der Waals surface area contributed by atoms with Gasteiger partial charge in [-0.1, -0.05) is 65.7 Å². The number of esters is 1. The maximum Gasteiger partial charge on any atom is 0.375 e. The van der Waals surface area contributed by atoms with E-state index in [1.165, 1.54) is 4.90 Å². The van der Waals surface area contributed by atoms with E-state index in [0.717, 1.165) is 21.9 Å². The second-order valence-electron chi connectivity index (χ2n) is 8.78. The monoisotopic (exact) mass is 485 g/mol. The van der Waals surface area contributed by atoms with Crippen molar-refractivity contribution < 1.29 is 19.1 Å². The first-order valence-corrected chi connectivity index (χ1v) is 11.2. The highest BCUT2D eigenvalue weighted by Crippen LogP contribution is 2.24. The van der Waals surface area contributed by atoms with Gasteiger partial charge in [-0.2, -0.15) is 0 Å². The first kappa shape index (κ1) is 24.7. The Morgan fingerprint density at radius 1 is 0.818 bits per heavy atom. The van der Waals surface area contributed by atoms with Crippen LogP contribution in [0.5, 0.6) is 0 Å². The Balaban J connectivity index is 1.83. The number of benzene rings is 3. The highest BCUT2D eigenvalue weighted by atomic mass is 35.5. The number of hydrogen-bond donors (Lipinski definition) is 0. The molecule has 0 aliphatic carbocycles. The predicted octanol–water partition coefficient (Wildman–Crippen LogP) is 5.98. The fourth-order valence-electron chi connectivity index (χ4n) is 3.30. The van der Waals surface area contributed by atoms with Gasteiger partial charge in [0, 0.05) is 13.1 Å². The fourth-order valence-corrected chi connectivity index (χ4v) is 3.63. The number of fused-ring (bicyclic) bond motifs is 1. The van der Waals surface area contributed by atoms with Crippen LogP contribution in [-0.2, 0) is 32.2 Å². The molecule has 33 heavy (non-hydrogen) atoms. The second kappa shape index (κ2) is 10.4. The number of rotatable bonds is 7. The molecule has 0 atom stereocenters. The number of amides is 1. The van der Waals surface area contributed by atoms with E-state index in [9.17, 15) is 14.4 Å². The summed E-state index contributed by atoms with van der Waals surface area (Å²) in [5.74, 6) is -2.38. The van der Waals surface area contributed by atoms with Gasteiger partial charge in [0.1, 0.15) is 5.60 Å². The van der Waals surface area contributed by atoms with Gasteiger partial charge in [-0.25, -0.2) is 4.79 Å². The van der Waals surface area contributed by atoms with E-state index in [2.05, 4.69) is 0 Å². The van der Waals surface area contributed by atoms with Crippen molar-refractivity contribution >= 4 is 51.6 Å². The molecule has 5 nitrogen and oxygen atoms in total. The largest absolute Gasteiger partial charge is 0.454 e. The molecule has 0 radical (unpaired) electrons. The fraction of sp³-hybridized carbons (Fsp3) is 0.269. The highest BCUT2D eigenvalue weighted by molar-refractivity contribution is 6.42. The summed E-state index contributed by atoms with van der Waals surface area (Å²) in [5.41, 5.74) is 0.829. The summed E-state index contributed by atoms with van der Waals surface area (Å²) in [5, 5.41) is 2.91. The van der Waals surface area contributed by atoms with Crippen LogP contribution in [0.3, 0.4) is 0 Å². The Morgan fingerprint density at radius 3 is 2.06 bits per heavy atom. The zero-order valence-electron chi connectivity index (χ0n) is 18.7. The maximum atomic E-state index is 13.1. The van der Waals surface area contributed by atoms with E-state index in [1.807, 2.05) is 42.5 Å². The van der Waals surface area contributed by atoms with Crippen molar-refractivity contribution in [3.05, 3.63) is 81.8 Å². The standard InChI is InChI=1S/C26H25Cl2NO4/c1-26(2,3)33-25(32)23(30)14-24(31)29(16-18-9-11-21(27)22(28)13-18)15-17-8-10-19-6-4-5-7-20(19)12-17/h4-13H,14-16H2,1-3H3. The molecule has 0 aliphatic heterocycles. The lowest BCUT2D eigenvalue weighted by Crippen LogP contribution is -2.35. The summed E-state index contributed by atoms with van der Waals surface area (Å²) in [6, 6.07) is 18.9. The third-order valence-corrected chi connectivity index (χ3v) is 5.57. The second-order valence-corrected chi connectivity index (χ2v) is 9.60. The minimum Gasteiger partial charge on any atom is -0.454 e. The molecule has 3 rings (SSSR count). The predicted molar refractivity (Wildman–Crippen MR) is 130 cm³/mol. The molecule has 0 spiro atoms. The van der Waals surface area contributed by atoms with Crippen LogP contribution in [0.15, 0.2) is 60.7 Å². The van der Waals surface area contributed by atoms with Crippen molar-refractivity contribution in [1.82, 2.24) is 4.90 Å². The smallest absolute Gasteiger partial charge is 0.375 e. The Hall–Kier alpha value is -2.89. The molecule has 0 saturated heterocycles. The summed E-state index contributed by atoms with van der Waals surface area (Å²) < 4.78 is 5.10. The number of Topliss-reactive ketones (excluding diaryl/α,β-unsaturated/α-hetero) is 1. The van der Waals surface area contributed by atoms with Gasteiger partial charge >= 0.3 is 5.97 Å². The molecular weight excluding hydrogens is 461 g/mol. The number of carbonyl (C=O) groups excluding carboxylic acids is 3. The molecule has 3 aromatic rings. The number of ether oxygens (including phenoxy) is 1. The molecule has 0 fully saturated rings. The molecule has 0 bridgehead atoms. The van der Waals surface area contributed by atoms with Gasteiger partial charge in [-0.3, -0.25) is 9.59 Å². The van der Waals surface area contributed by atoms with E-state index in [-0.39, 0.29) is 13.1 Å². The quantitative estimate of drug-likeness (QED) is 0.234. The molecule has 0 heterocycles. The number of hydrogen-bond acceptors (Lipinski definition) is 4. The Morgan fingerprint density at radius 2 is 1.42 bits per heavy atom. The molecule has 172 valence electrons. The molecule has 0 unspecified atom stereocenters. The van der Waals surface area contributed by atoms with Crippen molar-refractivity contribution in [1.29, 1.82) is 0 Å². The first-order valence-electron chi connectivity index (χ1n) is 10.5. The van der Waals surface area contributed by atoms with Crippen LogP contribution in [-0.4, -0.2) is 28.2 Å². The number of halogens is 2. The van der Waals surface area contributed by atoms with E-state index in [0.29, 0.717) is 10.0 Å². The van der Waals surface area contributed by atoms with Crippen LogP contribution in [0.4, 0.5) is 0 Å². The van der Waals surface area contributed by atoms with Gasteiger partial charge in [0.25, 0.3) is 0 Å². The van der Waals surface area contributed by atoms with E-state index in [1.54, 1.807) is 39.0 Å². The SMILES string of the molecule is CC(C)(C)OC(=O)C(=O)CC(=O)N(Cc1ccc(Cl)c(Cl)c1)Cc1ccc2ccccc2c1. The van der Waals surface area contributed by atoms with Crippen LogP contribution in [0.1, 0.15) is 38.3 Å². The summed E-state index contributed by atoms with van der Waals surface area (Å²) >= 11 is 12.2. The van der Waals surface area contributed by atoms with Gasteiger partial charge in [-0.05, 0) is 60.9 Å². The maximum absolute atomic E-state index is 13.1. The molecule has 0 aromatic heterocycles. The van der Waals surface area contributed by atoms with Crippen LogP contribution < -0.4 is 0 Å². The summed E-state index contributed by atoms with van der Waals surface area (Å²) in [6.07, 6.45) is -0.580. The zero-order valence-corrected chi connectivity index (χ0v) is 20.2. The Kier molecular flexibility index (Phi) is 7.77. The van der Waals surface area contributed by atoms with Gasteiger partial charge in [0.15, 0.2) is 0 Å². The first-order chi connectivity index (χ1) is 15.5. The molecule has 0 N–H and O–H groups in total. The lowest BCUT2D eigenvalue weighted by atomic mass is 10.1. The topological polar surface area (TPSA) is 63.7 Å². The van der Waals surface area contributed by atoms with Crippen molar-refractivity contribution in [2.75, 3.05) is 0 Å². The summed E-state index contributed by atoms with van der Waals surface area (Å²) in [6.45, 7) is 5.44. The van der Waals surface area contributed by atoms with E-state index >= 15 is 0 Å². The number of carbonyl (C=O) groups is 3. The molecule has 7 heteroatoms. The van der Waals surface area contributed by atoms with Gasteiger partial charge in [-0.15, -0.1) is 0 Å². The molecule has 0 saturated carbocycles. The van der Waals surface area contributed by atoms with Gasteiger partial charge in [0.05, 0.1) is 16.5 Å².